The molecule has 11 nitrogen and oxygen atoms in total. The Hall–Kier alpha value is -3.15. The van der Waals surface area contributed by atoms with Crippen molar-refractivity contribution in [2.24, 2.45) is 0 Å². The summed E-state index contributed by atoms with van der Waals surface area (Å²) in [6.07, 6.45) is 1.89. The number of carbonyl (C=O) groups is 3. The number of nitrogens with zero attached hydrogens (tertiary/aromatic N) is 4. The van der Waals surface area contributed by atoms with Crippen LogP contribution in [0.4, 0.5) is 0 Å². The second kappa shape index (κ2) is 11.7. The third kappa shape index (κ3) is 5.48. The van der Waals surface area contributed by atoms with Crippen molar-refractivity contribution in [3.05, 3.63) is 41.2 Å². The summed E-state index contributed by atoms with van der Waals surface area (Å²) in [5, 5.41) is 6.34. The van der Waals surface area contributed by atoms with Crippen LogP contribution in [0.25, 0.3) is 5.69 Å². The molecule has 1 aromatic heterocycles. The largest absolute Gasteiger partial charge is 0.497 e. The molecule has 2 aliphatic heterocycles. The van der Waals surface area contributed by atoms with Crippen molar-refractivity contribution in [3.63, 3.8) is 0 Å². The van der Waals surface area contributed by atoms with E-state index in [4.69, 9.17) is 25.8 Å². The Kier molecular flexibility index (Phi) is 8.44. The summed E-state index contributed by atoms with van der Waals surface area (Å²) in [6.45, 7) is 3.52. The van der Waals surface area contributed by atoms with Gasteiger partial charge in [-0.25, -0.2) is 14.5 Å². The molecule has 0 atom stereocenters. The fourth-order valence-corrected chi connectivity index (χ4v) is 4.71. The molecule has 2 aromatic rings. The van der Waals surface area contributed by atoms with Crippen LogP contribution in [0.2, 0.25) is 0 Å². The minimum absolute atomic E-state index is 0.00292. The fraction of sp³-hybridized carbons (Fsp3) is 0.500. The Morgan fingerprint density at radius 3 is 2.53 bits per heavy atom. The summed E-state index contributed by atoms with van der Waals surface area (Å²) < 4.78 is 16.9. The SMILES string of the molecule is CCOC(=O)c1nn(-c2ccc(OC)cc2)c2c1CCN(C1CCN(NC(=O)COCCl)CC1)C2=O. The first-order chi connectivity index (χ1) is 17.5. The molecule has 3 heterocycles. The van der Waals surface area contributed by atoms with E-state index in [0.29, 0.717) is 61.6 Å². The highest BCUT2D eigenvalue weighted by Crippen LogP contribution is 2.29. The van der Waals surface area contributed by atoms with E-state index in [2.05, 4.69) is 10.5 Å². The van der Waals surface area contributed by atoms with Crippen molar-refractivity contribution in [1.82, 2.24) is 25.1 Å². The zero-order valence-corrected chi connectivity index (χ0v) is 21.1. The van der Waals surface area contributed by atoms with Gasteiger partial charge in [0.15, 0.2) is 5.69 Å². The number of nitrogens with one attached hydrogen (secondary N) is 1. The van der Waals surface area contributed by atoms with E-state index in [0.717, 1.165) is 0 Å². The first kappa shape index (κ1) is 25.9. The maximum atomic E-state index is 13.8. The highest BCUT2D eigenvalue weighted by atomic mass is 35.5. The van der Waals surface area contributed by atoms with Crippen molar-refractivity contribution < 1.29 is 28.6 Å². The van der Waals surface area contributed by atoms with Crippen molar-refractivity contribution in [2.75, 3.05) is 46.0 Å². The van der Waals surface area contributed by atoms with Gasteiger partial charge in [-0.3, -0.25) is 15.0 Å². The molecule has 0 aliphatic carbocycles. The van der Waals surface area contributed by atoms with Crippen LogP contribution in [0.5, 0.6) is 5.75 Å². The molecule has 0 bridgehead atoms. The van der Waals surface area contributed by atoms with Crippen LogP contribution < -0.4 is 10.2 Å². The predicted molar refractivity (Wildman–Crippen MR) is 130 cm³/mol. The number of esters is 1. The van der Waals surface area contributed by atoms with Gasteiger partial charge in [-0.05, 0) is 50.5 Å². The van der Waals surface area contributed by atoms with Gasteiger partial charge in [-0.15, -0.1) is 0 Å². The molecule has 0 saturated carbocycles. The highest BCUT2D eigenvalue weighted by molar-refractivity contribution is 6.17. The number of rotatable bonds is 9. The second-order valence-corrected chi connectivity index (χ2v) is 8.68. The molecular formula is C24H30ClN5O6. The molecule has 0 unspecified atom stereocenters. The molecular weight excluding hydrogens is 490 g/mol. The van der Waals surface area contributed by atoms with Crippen molar-refractivity contribution in [2.45, 2.75) is 32.2 Å². The number of halogens is 1. The van der Waals surface area contributed by atoms with Crippen LogP contribution in [0.1, 0.15) is 46.3 Å². The lowest BCUT2D eigenvalue weighted by atomic mass is 9.97. The normalized spacial score (nSPS) is 16.5. The van der Waals surface area contributed by atoms with E-state index in [1.165, 1.54) is 4.68 Å². The van der Waals surface area contributed by atoms with Crippen molar-refractivity contribution >= 4 is 29.4 Å². The third-order valence-electron chi connectivity index (χ3n) is 6.33. The van der Waals surface area contributed by atoms with E-state index in [9.17, 15) is 14.4 Å². The number of piperidine rings is 1. The molecule has 2 aliphatic rings. The minimum atomic E-state index is -0.538. The highest BCUT2D eigenvalue weighted by Gasteiger charge is 2.38. The lowest BCUT2D eigenvalue weighted by Gasteiger charge is -2.40. The van der Waals surface area contributed by atoms with Gasteiger partial charge in [0.05, 0.1) is 19.4 Å². The average molecular weight is 520 g/mol. The number of hydrazine groups is 1. The van der Waals surface area contributed by atoms with Crippen LogP contribution in [-0.2, 0) is 20.7 Å². The molecule has 0 radical (unpaired) electrons. The predicted octanol–water partition coefficient (Wildman–Crippen LogP) is 1.76. The van der Waals surface area contributed by atoms with Gasteiger partial charge in [-0.2, -0.15) is 5.10 Å². The zero-order valence-electron chi connectivity index (χ0n) is 20.4. The van der Waals surface area contributed by atoms with E-state index < -0.39 is 5.97 Å². The smallest absolute Gasteiger partial charge is 0.359 e. The molecule has 2 amide bonds. The summed E-state index contributed by atoms with van der Waals surface area (Å²) in [5.74, 6) is -0.299. The molecule has 0 spiro atoms. The number of aromatic nitrogens is 2. The summed E-state index contributed by atoms with van der Waals surface area (Å²) in [4.78, 5) is 40.2. The molecule has 1 N–H and O–H groups in total. The maximum absolute atomic E-state index is 13.8. The molecule has 1 saturated heterocycles. The number of carbonyl (C=O) groups excluding carboxylic acids is 3. The summed E-state index contributed by atoms with van der Waals surface area (Å²) in [7, 11) is 1.58. The lowest BCUT2D eigenvalue weighted by Crippen LogP contribution is -2.54. The number of amides is 2. The van der Waals surface area contributed by atoms with Gasteiger partial charge in [-0.1, -0.05) is 11.6 Å². The molecule has 194 valence electrons. The standard InChI is InChI=1S/C24H30ClN5O6/c1-3-36-24(33)21-19-10-13-29(16-8-11-28(12-9-16)26-20(31)14-35-15-25)23(32)22(19)30(27-21)17-4-6-18(34-2)7-5-17/h4-7,16H,3,8-15H2,1-2H3,(H,26,31). The number of ether oxygens (including phenoxy) is 3. The van der Waals surface area contributed by atoms with E-state index in [1.54, 1.807) is 38.3 Å². The van der Waals surface area contributed by atoms with Crippen LogP contribution in [-0.4, -0.2) is 89.5 Å². The van der Waals surface area contributed by atoms with E-state index in [-0.39, 0.29) is 42.8 Å². The van der Waals surface area contributed by atoms with Crippen LogP contribution >= 0.6 is 11.6 Å². The number of hydrogen-bond acceptors (Lipinski definition) is 8. The monoisotopic (exact) mass is 519 g/mol. The van der Waals surface area contributed by atoms with E-state index in [1.807, 2.05) is 9.91 Å². The quantitative estimate of drug-likeness (QED) is 0.394. The Bertz CT molecular complexity index is 1100. The number of hydrogen-bond donors (Lipinski definition) is 1. The summed E-state index contributed by atoms with van der Waals surface area (Å²) in [5.41, 5.74) is 4.61. The number of methoxy groups -OCH3 is 1. The van der Waals surface area contributed by atoms with Crippen LogP contribution in [0.3, 0.4) is 0 Å². The Labute approximate surface area is 214 Å². The van der Waals surface area contributed by atoms with Crippen LogP contribution in [0.15, 0.2) is 24.3 Å². The maximum Gasteiger partial charge on any atom is 0.359 e. The van der Waals surface area contributed by atoms with Gasteiger partial charge in [0.2, 0.25) is 0 Å². The first-order valence-corrected chi connectivity index (χ1v) is 12.4. The van der Waals surface area contributed by atoms with Gasteiger partial charge < -0.3 is 19.1 Å². The van der Waals surface area contributed by atoms with Crippen molar-refractivity contribution in [3.8, 4) is 11.4 Å². The molecule has 4 rings (SSSR count). The molecule has 36 heavy (non-hydrogen) atoms. The summed E-state index contributed by atoms with van der Waals surface area (Å²) >= 11 is 5.45. The second-order valence-electron chi connectivity index (χ2n) is 8.47. The van der Waals surface area contributed by atoms with Crippen LogP contribution in [0, 0.1) is 0 Å². The fourth-order valence-electron chi connectivity index (χ4n) is 4.63. The van der Waals surface area contributed by atoms with Gasteiger partial charge in [0.1, 0.15) is 24.1 Å². The third-order valence-corrected chi connectivity index (χ3v) is 6.49. The van der Waals surface area contributed by atoms with Gasteiger partial charge in [0.25, 0.3) is 11.8 Å². The Balaban J connectivity index is 1.54. The number of fused-ring (bicyclic) bond motifs is 1. The zero-order chi connectivity index (χ0) is 25.7. The average Bonchev–Trinajstić information content (AvgIpc) is 3.29. The van der Waals surface area contributed by atoms with Crippen molar-refractivity contribution in [1.29, 1.82) is 0 Å². The topological polar surface area (TPSA) is 115 Å². The lowest BCUT2D eigenvalue weighted by molar-refractivity contribution is -0.130. The number of alkyl halides is 1. The van der Waals surface area contributed by atoms with Gasteiger partial charge in [0, 0.05) is 31.2 Å². The van der Waals surface area contributed by atoms with E-state index >= 15 is 0 Å². The first-order valence-electron chi connectivity index (χ1n) is 11.9. The minimum Gasteiger partial charge on any atom is -0.497 e. The molecule has 12 heteroatoms. The van der Waals surface area contributed by atoms with Gasteiger partial charge >= 0.3 is 5.97 Å². The summed E-state index contributed by atoms with van der Waals surface area (Å²) in [6, 6.07) is 7.11. The Morgan fingerprint density at radius 1 is 1.17 bits per heavy atom. The Morgan fingerprint density at radius 2 is 1.89 bits per heavy atom. The number of benzene rings is 1. The molecule has 1 fully saturated rings. The molecule has 1 aromatic carbocycles.